The number of amides is 2. The van der Waals surface area contributed by atoms with E-state index in [4.69, 9.17) is 11.6 Å². The summed E-state index contributed by atoms with van der Waals surface area (Å²) in [7, 11) is 0. The minimum atomic E-state index is 0.187. The topological polar surface area (TPSA) is 52.7 Å². The standard InChI is InChI=1S/C14H18ClN3O2/c1-2-14(20)18-7-5-17(6-8-18)13-4-3-11(15)9-12(13)16-10-19/h3-4,9-10H,2,5-8H2,1H3,(H,16,19). The first-order chi connectivity index (χ1) is 9.65. The maximum absolute atomic E-state index is 11.7. The molecular formula is C14H18ClN3O2. The molecule has 1 aliphatic heterocycles. The number of piperazine rings is 1. The molecule has 1 fully saturated rings. The summed E-state index contributed by atoms with van der Waals surface area (Å²) in [5.41, 5.74) is 1.63. The Bertz CT molecular complexity index is 499. The Kier molecular flexibility index (Phi) is 4.84. The van der Waals surface area contributed by atoms with E-state index in [-0.39, 0.29) is 5.91 Å². The van der Waals surface area contributed by atoms with E-state index in [1.807, 2.05) is 17.9 Å². The fourth-order valence-corrected chi connectivity index (χ4v) is 2.56. The van der Waals surface area contributed by atoms with Gasteiger partial charge in [0.15, 0.2) is 0 Å². The van der Waals surface area contributed by atoms with Gasteiger partial charge in [-0.25, -0.2) is 0 Å². The predicted molar refractivity (Wildman–Crippen MR) is 80.2 cm³/mol. The molecule has 0 saturated carbocycles. The van der Waals surface area contributed by atoms with Gasteiger partial charge < -0.3 is 15.1 Å². The fraction of sp³-hybridized carbons (Fsp3) is 0.429. The summed E-state index contributed by atoms with van der Waals surface area (Å²) >= 11 is 5.95. The van der Waals surface area contributed by atoms with Crippen molar-refractivity contribution in [3.05, 3.63) is 23.2 Å². The molecule has 0 radical (unpaired) electrons. The van der Waals surface area contributed by atoms with Crippen LogP contribution < -0.4 is 10.2 Å². The molecule has 1 aromatic rings. The minimum absolute atomic E-state index is 0.187. The van der Waals surface area contributed by atoms with Crippen LogP contribution in [0, 0.1) is 0 Å². The molecule has 1 saturated heterocycles. The number of hydrogen-bond donors (Lipinski definition) is 1. The lowest BCUT2D eigenvalue weighted by Gasteiger charge is -2.36. The average molecular weight is 296 g/mol. The second-order valence-electron chi connectivity index (χ2n) is 4.65. The van der Waals surface area contributed by atoms with Crippen molar-refractivity contribution in [3.8, 4) is 0 Å². The number of hydrogen-bond acceptors (Lipinski definition) is 3. The van der Waals surface area contributed by atoms with Gasteiger partial charge in [-0.1, -0.05) is 18.5 Å². The highest BCUT2D eigenvalue weighted by atomic mass is 35.5. The Labute approximate surface area is 123 Å². The normalized spacial score (nSPS) is 15.1. The van der Waals surface area contributed by atoms with Crippen LogP contribution >= 0.6 is 11.6 Å². The van der Waals surface area contributed by atoms with Crippen LogP contribution in [0.1, 0.15) is 13.3 Å². The van der Waals surface area contributed by atoms with E-state index in [1.165, 1.54) is 0 Å². The highest BCUT2D eigenvalue weighted by molar-refractivity contribution is 6.31. The molecule has 1 aliphatic rings. The second-order valence-corrected chi connectivity index (χ2v) is 5.08. The zero-order valence-electron chi connectivity index (χ0n) is 11.4. The summed E-state index contributed by atoms with van der Waals surface area (Å²) in [6.45, 7) is 4.79. The van der Waals surface area contributed by atoms with E-state index in [1.54, 1.807) is 12.1 Å². The Morgan fingerprint density at radius 2 is 2.05 bits per heavy atom. The van der Waals surface area contributed by atoms with E-state index in [9.17, 15) is 9.59 Å². The van der Waals surface area contributed by atoms with Gasteiger partial charge >= 0.3 is 0 Å². The number of nitrogens with zero attached hydrogens (tertiary/aromatic N) is 2. The molecule has 5 nitrogen and oxygen atoms in total. The third-order valence-corrected chi connectivity index (χ3v) is 3.68. The Morgan fingerprint density at radius 3 is 2.65 bits per heavy atom. The van der Waals surface area contributed by atoms with E-state index < -0.39 is 0 Å². The maximum Gasteiger partial charge on any atom is 0.222 e. The molecule has 2 amide bonds. The van der Waals surface area contributed by atoms with Crippen LogP contribution in [0.5, 0.6) is 0 Å². The van der Waals surface area contributed by atoms with Crippen LogP contribution in [-0.4, -0.2) is 43.4 Å². The first-order valence-electron chi connectivity index (χ1n) is 6.68. The van der Waals surface area contributed by atoms with Crippen molar-refractivity contribution in [1.29, 1.82) is 0 Å². The monoisotopic (exact) mass is 295 g/mol. The van der Waals surface area contributed by atoms with Gasteiger partial charge in [-0.15, -0.1) is 0 Å². The zero-order valence-corrected chi connectivity index (χ0v) is 12.2. The Balaban J connectivity index is 2.10. The van der Waals surface area contributed by atoms with Crippen molar-refractivity contribution < 1.29 is 9.59 Å². The van der Waals surface area contributed by atoms with E-state index in [0.717, 1.165) is 18.8 Å². The maximum atomic E-state index is 11.7. The molecule has 0 spiro atoms. The number of rotatable bonds is 4. The Hall–Kier alpha value is -1.75. The first-order valence-corrected chi connectivity index (χ1v) is 7.06. The molecule has 0 unspecified atom stereocenters. The smallest absolute Gasteiger partial charge is 0.222 e. The molecule has 2 rings (SSSR count). The minimum Gasteiger partial charge on any atom is -0.366 e. The SMILES string of the molecule is CCC(=O)N1CCN(c2ccc(Cl)cc2NC=O)CC1. The van der Waals surface area contributed by atoms with Gasteiger partial charge in [-0.05, 0) is 18.2 Å². The number of anilines is 2. The van der Waals surface area contributed by atoms with Crippen LogP contribution in [0.3, 0.4) is 0 Å². The van der Waals surface area contributed by atoms with E-state index in [0.29, 0.717) is 36.6 Å². The van der Waals surface area contributed by atoms with Crippen molar-refractivity contribution in [1.82, 2.24) is 4.90 Å². The third-order valence-electron chi connectivity index (χ3n) is 3.45. The van der Waals surface area contributed by atoms with Crippen LogP contribution in [-0.2, 0) is 9.59 Å². The summed E-state index contributed by atoms with van der Waals surface area (Å²) in [5, 5.41) is 3.25. The summed E-state index contributed by atoms with van der Waals surface area (Å²) in [5.74, 6) is 0.187. The largest absolute Gasteiger partial charge is 0.366 e. The molecule has 20 heavy (non-hydrogen) atoms. The van der Waals surface area contributed by atoms with E-state index >= 15 is 0 Å². The van der Waals surface area contributed by atoms with E-state index in [2.05, 4.69) is 10.2 Å². The van der Waals surface area contributed by atoms with Crippen LogP contribution in [0.25, 0.3) is 0 Å². The lowest BCUT2D eigenvalue weighted by molar-refractivity contribution is -0.131. The molecule has 1 N–H and O–H groups in total. The molecule has 0 bridgehead atoms. The highest BCUT2D eigenvalue weighted by Crippen LogP contribution is 2.29. The molecule has 0 aromatic heterocycles. The number of carbonyl (C=O) groups is 2. The summed E-state index contributed by atoms with van der Waals surface area (Å²) in [4.78, 5) is 26.4. The van der Waals surface area contributed by atoms with Crippen molar-refractivity contribution in [3.63, 3.8) is 0 Å². The lowest BCUT2D eigenvalue weighted by atomic mass is 10.2. The summed E-state index contributed by atoms with van der Waals surface area (Å²) < 4.78 is 0. The number of halogens is 1. The van der Waals surface area contributed by atoms with Gasteiger partial charge in [-0.3, -0.25) is 9.59 Å². The number of carbonyl (C=O) groups excluding carboxylic acids is 2. The van der Waals surface area contributed by atoms with Crippen molar-refractivity contribution in [2.45, 2.75) is 13.3 Å². The first kappa shape index (κ1) is 14.7. The number of benzene rings is 1. The quantitative estimate of drug-likeness (QED) is 0.864. The van der Waals surface area contributed by atoms with Crippen molar-refractivity contribution in [2.24, 2.45) is 0 Å². The van der Waals surface area contributed by atoms with Gasteiger partial charge in [0.1, 0.15) is 0 Å². The Morgan fingerprint density at radius 1 is 1.35 bits per heavy atom. The van der Waals surface area contributed by atoms with Crippen LogP contribution in [0.2, 0.25) is 5.02 Å². The molecule has 0 atom stereocenters. The molecule has 1 heterocycles. The van der Waals surface area contributed by atoms with Crippen LogP contribution in [0.4, 0.5) is 11.4 Å². The summed E-state index contributed by atoms with van der Waals surface area (Å²) in [6, 6.07) is 5.43. The van der Waals surface area contributed by atoms with Gasteiger partial charge in [0.25, 0.3) is 0 Å². The third kappa shape index (κ3) is 3.22. The highest BCUT2D eigenvalue weighted by Gasteiger charge is 2.21. The molecule has 108 valence electrons. The zero-order chi connectivity index (χ0) is 14.5. The van der Waals surface area contributed by atoms with Crippen molar-refractivity contribution >= 4 is 35.3 Å². The molecular weight excluding hydrogens is 278 g/mol. The average Bonchev–Trinajstić information content (AvgIpc) is 2.47. The van der Waals surface area contributed by atoms with Crippen LogP contribution in [0.15, 0.2) is 18.2 Å². The fourth-order valence-electron chi connectivity index (χ4n) is 2.38. The lowest BCUT2D eigenvalue weighted by Crippen LogP contribution is -2.48. The van der Waals surface area contributed by atoms with Gasteiger partial charge in [0.05, 0.1) is 11.4 Å². The van der Waals surface area contributed by atoms with Crippen molar-refractivity contribution in [2.75, 3.05) is 36.4 Å². The van der Waals surface area contributed by atoms with Gasteiger partial charge in [0.2, 0.25) is 12.3 Å². The molecule has 1 aromatic carbocycles. The second kappa shape index (κ2) is 6.61. The predicted octanol–water partition coefficient (Wildman–Crippen LogP) is 1.97. The summed E-state index contributed by atoms with van der Waals surface area (Å²) in [6.07, 6.45) is 1.19. The van der Waals surface area contributed by atoms with Gasteiger partial charge in [0, 0.05) is 37.6 Å². The number of nitrogens with one attached hydrogen (secondary N) is 1. The molecule has 6 heteroatoms. The molecule has 0 aliphatic carbocycles. The van der Waals surface area contributed by atoms with Gasteiger partial charge in [-0.2, -0.15) is 0 Å².